The molecule has 0 saturated carbocycles. The van der Waals surface area contributed by atoms with E-state index in [4.69, 9.17) is 19.0 Å². The van der Waals surface area contributed by atoms with Gasteiger partial charge in [0.2, 0.25) is 0 Å². The summed E-state index contributed by atoms with van der Waals surface area (Å²) >= 11 is 0. The van der Waals surface area contributed by atoms with E-state index >= 15 is 0 Å². The molecule has 2 heterocycles. The van der Waals surface area contributed by atoms with Crippen molar-refractivity contribution in [2.45, 2.75) is 6.92 Å². The predicted molar refractivity (Wildman–Crippen MR) is 101 cm³/mol. The first-order valence-electron chi connectivity index (χ1n) is 8.26. The van der Waals surface area contributed by atoms with E-state index in [0.29, 0.717) is 5.58 Å². The molecule has 5 nitrogen and oxygen atoms in total. The Bertz CT molecular complexity index is 1090. The zero-order chi connectivity index (χ0) is 18.1. The summed E-state index contributed by atoms with van der Waals surface area (Å²) in [5, 5.41) is 4.11. The minimum Gasteiger partial charge on any atom is -0.496 e. The molecule has 0 aliphatic heterocycles. The Hall–Kier alpha value is -3.34. The van der Waals surface area contributed by atoms with Crippen LogP contribution in [0, 0.1) is 6.92 Å². The van der Waals surface area contributed by atoms with Gasteiger partial charge in [0, 0.05) is 16.7 Å². The van der Waals surface area contributed by atoms with Gasteiger partial charge in [-0.3, -0.25) is 0 Å². The standard InChI is InChI=1S/C21H18N2O3/c1-13-20-21(26-23-13)16(14-8-4-6-10-18(14)24-2)12-17(22-20)15-9-5-7-11-19(15)25-3/h4-12H,1-3H3. The molecule has 0 aliphatic carbocycles. The largest absolute Gasteiger partial charge is 0.496 e. The number of rotatable bonds is 4. The zero-order valence-electron chi connectivity index (χ0n) is 14.8. The molecule has 5 heteroatoms. The quantitative estimate of drug-likeness (QED) is 0.527. The molecule has 0 spiro atoms. The average molecular weight is 346 g/mol. The number of nitrogens with zero attached hydrogens (tertiary/aromatic N) is 2. The summed E-state index contributed by atoms with van der Waals surface area (Å²) in [5.74, 6) is 1.53. The van der Waals surface area contributed by atoms with E-state index in [1.165, 1.54) is 0 Å². The van der Waals surface area contributed by atoms with Crippen molar-refractivity contribution in [3.05, 3.63) is 60.3 Å². The van der Waals surface area contributed by atoms with Gasteiger partial charge < -0.3 is 14.0 Å². The van der Waals surface area contributed by atoms with Crippen LogP contribution in [0.15, 0.2) is 59.1 Å². The number of hydrogen-bond donors (Lipinski definition) is 0. The summed E-state index contributed by atoms with van der Waals surface area (Å²) in [6, 6.07) is 17.6. The smallest absolute Gasteiger partial charge is 0.193 e. The highest BCUT2D eigenvalue weighted by Crippen LogP contribution is 2.39. The van der Waals surface area contributed by atoms with Gasteiger partial charge in [-0.05, 0) is 31.2 Å². The summed E-state index contributed by atoms with van der Waals surface area (Å²) in [5.41, 5.74) is 5.63. The normalized spacial score (nSPS) is 10.9. The number of pyridine rings is 1. The zero-order valence-corrected chi connectivity index (χ0v) is 14.8. The fraction of sp³-hybridized carbons (Fsp3) is 0.143. The van der Waals surface area contributed by atoms with Crippen LogP contribution in [0.3, 0.4) is 0 Å². The Morgan fingerprint density at radius 2 is 1.42 bits per heavy atom. The second-order valence-corrected chi connectivity index (χ2v) is 5.90. The van der Waals surface area contributed by atoms with E-state index in [-0.39, 0.29) is 0 Å². The molecule has 0 atom stereocenters. The first-order chi connectivity index (χ1) is 12.7. The summed E-state index contributed by atoms with van der Waals surface area (Å²) in [6.45, 7) is 1.89. The Morgan fingerprint density at radius 3 is 2.12 bits per heavy atom. The first kappa shape index (κ1) is 16.1. The highest BCUT2D eigenvalue weighted by atomic mass is 16.5. The van der Waals surface area contributed by atoms with Crippen LogP contribution in [0.25, 0.3) is 33.5 Å². The molecule has 0 fully saturated rings. The number of fused-ring (bicyclic) bond motifs is 1. The summed E-state index contributed by atoms with van der Waals surface area (Å²) in [7, 11) is 3.31. The highest BCUT2D eigenvalue weighted by molar-refractivity contribution is 5.95. The third-order valence-electron chi connectivity index (χ3n) is 4.37. The second kappa shape index (κ2) is 6.52. The predicted octanol–water partition coefficient (Wildman–Crippen LogP) is 4.88. The third kappa shape index (κ3) is 2.58. The lowest BCUT2D eigenvalue weighted by Crippen LogP contribution is -1.93. The molecule has 130 valence electrons. The Kier molecular flexibility index (Phi) is 4.05. The van der Waals surface area contributed by atoms with Crippen molar-refractivity contribution in [2.75, 3.05) is 14.2 Å². The maximum Gasteiger partial charge on any atom is 0.193 e. The van der Waals surface area contributed by atoms with Gasteiger partial charge in [-0.15, -0.1) is 0 Å². The van der Waals surface area contributed by atoms with E-state index in [1.54, 1.807) is 14.2 Å². The third-order valence-corrected chi connectivity index (χ3v) is 4.37. The van der Waals surface area contributed by atoms with Crippen molar-refractivity contribution in [1.29, 1.82) is 0 Å². The number of ether oxygens (including phenoxy) is 2. The maximum absolute atomic E-state index is 5.58. The van der Waals surface area contributed by atoms with Crippen LogP contribution in [-0.2, 0) is 0 Å². The molecule has 0 unspecified atom stereocenters. The van der Waals surface area contributed by atoms with Gasteiger partial charge >= 0.3 is 0 Å². The number of hydrogen-bond acceptors (Lipinski definition) is 5. The molecule has 0 radical (unpaired) electrons. The van der Waals surface area contributed by atoms with Crippen LogP contribution in [0.5, 0.6) is 11.5 Å². The average Bonchev–Trinajstić information content (AvgIpc) is 3.08. The molecule has 0 aliphatic rings. The van der Waals surface area contributed by atoms with Gasteiger partial charge in [0.1, 0.15) is 22.7 Å². The molecule has 0 bridgehead atoms. The lowest BCUT2D eigenvalue weighted by atomic mass is 10.0. The SMILES string of the molecule is COc1ccccc1-c1cc(-c2ccccc2OC)c2onc(C)c2n1. The lowest BCUT2D eigenvalue weighted by Gasteiger charge is -2.12. The van der Waals surface area contributed by atoms with Crippen molar-refractivity contribution < 1.29 is 14.0 Å². The van der Waals surface area contributed by atoms with Crippen molar-refractivity contribution >= 4 is 11.1 Å². The molecule has 2 aromatic heterocycles. The van der Waals surface area contributed by atoms with Crippen LogP contribution in [0.2, 0.25) is 0 Å². The molecule has 4 aromatic rings. The molecular weight excluding hydrogens is 328 g/mol. The van der Waals surface area contributed by atoms with E-state index in [1.807, 2.05) is 61.5 Å². The van der Waals surface area contributed by atoms with Crippen molar-refractivity contribution in [2.24, 2.45) is 0 Å². The highest BCUT2D eigenvalue weighted by Gasteiger charge is 2.19. The second-order valence-electron chi connectivity index (χ2n) is 5.90. The topological polar surface area (TPSA) is 57.4 Å². The fourth-order valence-electron chi connectivity index (χ4n) is 3.09. The van der Waals surface area contributed by atoms with E-state index < -0.39 is 0 Å². The lowest BCUT2D eigenvalue weighted by molar-refractivity contribution is 0.416. The van der Waals surface area contributed by atoms with Crippen LogP contribution >= 0.6 is 0 Å². The van der Waals surface area contributed by atoms with Gasteiger partial charge in [0.15, 0.2) is 5.58 Å². The molecule has 2 aromatic carbocycles. The minimum absolute atomic E-state index is 0.644. The van der Waals surface area contributed by atoms with E-state index in [2.05, 4.69) is 5.16 Å². The van der Waals surface area contributed by atoms with Crippen molar-refractivity contribution in [3.8, 4) is 33.9 Å². The van der Waals surface area contributed by atoms with Gasteiger partial charge in [-0.2, -0.15) is 0 Å². The molecular formula is C21H18N2O3. The van der Waals surface area contributed by atoms with E-state index in [0.717, 1.165) is 45.1 Å². The Balaban J connectivity index is 2.04. The van der Waals surface area contributed by atoms with Crippen LogP contribution in [0.4, 0.5) is 0 Å². The van der Waals surface area contributed by atoms with Gasteiger partial charge in [-0.1, -0.05) is 35.5 Å². The van der Waals surface area contributed by atoms with Gasteiger partial charge in [0.25, 0.3) is 0 Å². The number of para-hydroxylation sites is 2. The molecule has 0 saturated heterocycles. The monoisotopic (exact) mass is 346 g/mol. The summed E-state index contributed by atoms with van der Waals surface area (Å²) in [4.78, 5) is 4.78. The number of methoxy groups -OCH3 is 2. The number of aromatic nitrogens is 2. The maximum atomic E-state index is 5.58. The van der Waals surface area contributed by atoms with Crippen LogP contribution in [0.1, 0.15) is 5.69 Å². The Labute approximate surface area is 151 Å². The number of benzene rings is 2. The molecule has 4 rings (SSSR count). The van der Waals surface area contributed by atoms with Crippen LogP contribution < -0.4 is 9.47 Å². The molecule has 26 heavy (non-hydrogen) atoms. The fourth-order valence-corrected chi connectivity index (χ4v) is 3.09. The van der Waals surface area contributed by atoms with Crippen molar-refractivity contribution in [3.63, 3.8) is 0 Å². The number of aryl methyl sites for hydroxylation is 1. The molecule has 0 amide bonds. The van der Waals surface area contributed by atoms with Gasteiger partial charge in [0.05, 0.1) is 19.9 Å². The van der Waals surface area contributed by atoms with Crippen molar-refractivity contribution in [1.82, 2.24) is 10.1 Å². The molecule has 0 N–H and O–H groups in total. The Morgan fingerprint density at radius 1 is 0.808 bits per heavy atom. The van der Waals surface area contributed by atoms with Gasteiger partial charge in [-0.25, -0.2) is 4.98 Å². The summed E-state index contributed by atoms with van der Waals surface area (Å²) in [6.07, 6.45) is 0. The van der Waals surface area contributed by atoms with Crippen LogP contribution in [-0.4, -0.2) is 24.4 Å². The first-order valence-corrected chi connectivity index (χ1v) is 8.26. The van der Waals surface area contributed by atoms with E-state index in [9.17, 15) is 0 Å². The minimum atomic E-state index is 0.644. The summed E-state index contributed by atoms with van der Waals surface area (Å²) < 4.78 is 16.6.